The monoisotopic (exact) mass is 353 g/mol. The van der Waals surface area contributed by atoms with Gasteiger partial charge in [0.05, 0.1) is 5.02 Å². The Morgan fingerprint density at radius 1 is 1.17 bits per heavy atom. The highest BCUT2D eigenvalue weighted by Gasteiger charge is 2.26. The van der Waals surface area contributed by atoms with Gasteiger partial charge >= 0.3 is 5.97 Å². The third-order valence-corrected chi connectivity index (χ3v) is 4.44. The number of benzene rings is 2. The first kappa shape index (κ1) is 15.8. The van der Waals surface area contributed by atoms with Crippen LogP contribution in [0.2, 0.25) is 10.0 Å². The van der Waals surface area contributed by atoms with Crippen molar-refractivity contribution < 1.29 is 20.1 Å². The minimum atomic E-state index is -1.16. The van der Waals surface area contributed by atoms with E-state index < -0.39 is 5.97 Å². The Labute approximate surface area is 142 Å². The SMILES string of the molecule is O=C(O)c1ccc2c(c1O)CCN2Cc1cc(Cl)cc(Cl)c1O. The van der Waals surface area contributed by atoms with Gasteiger partial charge in [-0.1, -0.05) is 23.2 Å². The van der Waals surface area contributed by atoms with Gasteiger partial charge in [-0.15, -0.1) is 0 Å². The molecule has 0 amide bonds. The summed E-state index contributed by atoms with van der Waals surface area (Å²) in [5.41, 5.74) is 1.79. The van der Waals surface area contributed by atoms with Crippen molar-refractivity contribution in [2.75, 3.05) is 11.4 Å². The molecule has 0 saturated heterocycles. The number of hydrogen-bond acceptors (Lipinski definition) is 4. The smallest absolute Gasteiger partial charge is 0.339 e. The molecule has 7 heteroatoms. The summed E-state index contributed by atoms with van der Waals surface area (Å²) in [5.74, 6) is -1.40. The van der Waals surface area contributed by atoms with Gasteiger partial charge in [0, 0.05) is 34.9 Å². The summed E-state index contributed by atoms with van der Waals surface area (Å²) >= 11 is 11.9. The molecule has 3 N–H and O–H groups in total. The van der Waals surface area contributed by atoms with E-state index in [1.54, 1.807) is 12.1 Å². The molecule has 120 valence electrons. The standard InChI is InChI=1S/C16H13Cl2NO4/c17-9-5-8(14(20)12(18)6-9)7-19-4-3-10-13(19)2-1-11(15(10)21)16(22)23/h1-2,5-6,20-21H,3-4,7H2,(H,22,23). The second kappa shape index (κ2) is 5.83. The molecule has 0 bridgehead atoms. The number of aromatic carboxylic acids is 1. The van der Waals surface area contributed by atoms with E-state index in [1.807, 2.05) is 4.90 Å². The minimum Gasteiger partial charge on any atom is -0.507 e. The molecule has 0 aromatic heterocycles. The van der Waals surface area contributed by atoms with Crippen LogP contribution in [0, 0.1) is 0 Å². The van der Waals surface area contributed by atoms with Crippen molar-refractivity contribution in [3.05, 3.63) is 51.0 Å². The first-order valence-electron chi connectivity index (χ1n) is 6.88. The number of phenols is 2. The Kier molecular flexibility index (Phi) is 4.00. The third-order valence-electron chi connectivity index (χ3n) is 3.93. The van der Waals surface area contributed by atoms with Crippen LogP contribution in [0.15, 0.2) is 24.3 Å². The lowest BCUT2D eigenvalue weighted by Gasteiger charge is -2.21. The zero-order valence-electron chi connectivity index (χ0n) is 11.9. The van der Waals surface area contributed by atoms with Gasteiger partial charge in [0.2, 0.25) is 0 Å². The predicted molar refractivity (Wildman–Crippen MR) is 87.9 cm³/mol. The van der Waals surface area contributed by atoms with E-state index in [4.69, 9.17) is 28.3 Å². The van der Waals surface area contributed by atoms with E-state index >= 15 is 0 Å². The molecule has 23 heavy (non-hydrogen) atoms. The molecule has 0 radical (unpaired) electrons. The first-order chi connectivity index (χ1) is 10.9. The van der Waals surface area contributed by atoms with Crippen LogP contribution in [0.5, 0.6) is 11.5 Å². The third kappa shape index (κ3) is 2.78. The number of rotatable bonds is 3. The second-order valence-corrected chi connectivity index (χ2v) is 6.18. The average Bonchev–Trinajstić information content (AvgIpc) is 2.88. The summed E-state index contributed by atoms with van der Waals surface area (Å²) in [6, 6.07) is 6.13. The molecule has 3 rings (SSSR count). The van der Waals surface area contributed by atoms with E-state index in [0.29, 0.717) is 35.7 Å². The Hall–Kier alpha value is -2.11. The van der Waals surface area contributed by atoms with Gasteiger partial charge in [0.1, 0.15) is 17.1 Å². The summed E-state index contributed by atoms with van der Waals surface area (Å²) < 4.78 is 0. The Morgan fingerprint density at radius 3 is 2.61 bits per heavy atom. The minimum absolute atomic E-state index is 0.0316. The van der Waals surface area contributed by atoms with Crippen molar-refractivity contribution in [2.45, 2.75) is 13.0 Å². The molecular weight excluding hydrogens is 341 g/mol. The zero-order valence-corrected chi connectivity index (χ0v) is 13.4. The zero-order chi connectivity index (χ0) is 16.7. The van der Waals surface area contributed by atoms with Gasteiger partial charge in [-0.3, -0.25) is 0 Å². The van der Waals surface area contributed by atoms with Crippen molar-refractivity contribution in [1.29, 1.82) is 0 Å². The lowest BCUT2D eigenvalue weighted by Crippen LogP contribution is -2.19. The molecule has 0 fully saturated rings. The number of carbonyl (C=O) groups is 1. The maximum atomic E-state index is 11.1. The average molecular weight is 354 g/mol. The number of fused-ring (bicyclic) bond motifs is 1. The normalized spacial score (nSPS) is 13.2. The largest absolute Gasteiger partial charge is 0.507 e. The van der Waals surface area contributed by atoms with Crippen LogP contribution in [0.4, 0.5) is 5.69 Å². The van der Waals surface area contributed by atoms with Crippen molar-refractivity contribution in [1.82, 2.24) is 0 Å². The summed E-state index contributed by atoms with van der Waals surface area (Å²) in [4.78, 5) is 13.0. The summed E-state index contributed by atoms with van der Waals surface area (Å²) in [7, 11) is 0. The molecule has 1 aliphatic rings. The van der Waals surface area contributed by atoms with Crippen molar-refractivity contribution in [2.24, 2.45) is 0 Å². The number of halogens is 2. The van der Waals surface area contributed by atoms with Crippen molar-refractivity contribution >= 4 is 34.9 Å². The lowest BCUT2D eigenvalue weighted by atomic mass is 10.1. The summed E-state index contributed by atoms with van der Waals surface area (Å²) in [6.45, 7) is 0.945. The van der Waals surface area contributed by atoms with Crippen LogP contribution in [0.3, 0.4) is 0 Å². The molecule has 0 spiro atoms. The molecule has 0 atom stereocenters. The van der Waals surface area contributed by atoms with Gasteiger partial charge in [0.15, 0.2) is 0 Å². The van der Waals surface area contributed by atoms with Crippen LogP contribution < -0.4 is 4.90 Å². The number of carboxylic acid groups (broad SMARTS) is 1. The van der Waals surface area contributed by atoms with Crippen molar-refractivity contribution in [3.8, 4) is 11.5 Å². The number of aromatic hydroxyl groups is 2. The maximum Gasteiger partial charge on any atom is 0.339 e. The highest BCUT2D eigenvalue weighted by molar-refractivity contribution is 6.35. The van der Waals surface area contributed by atoms with Gasteiger partial charge < -0.3 is 20.2 Å². The van der Waals surface area contributed by atoms with Crippen molar-refractivity contribution in [3.63, 3.8) is 0 Å². The summed E-state index contributed by atoms with van der Waals surface area (Å²) in [5, 5.41) is 29.8. The fourth-order valence-corrected chi connectivity index (χ4v) is 3.35. The molecule has 0 aliphatic carbocycles. The predicted octanol–water partition coefficient (Wildman–Crippen LogP) is 3.67. The van der Waals surface area contributed by atoms with E-state index in [1.165, 1.54) is 12.1 Å². The molecular formula is C16H13Cl2NO4. The van der Waals surface area contributed by atoms with Crippen LogP contribution in [0.1, 0.15) is 21.5 Å². The number of phenolic OH excluding ortho intramolecular Hbond substituents is 1. The summed E-state index contributed by atoms with van der Waals surface area (Å²) in [6.07, 6.45) is 0.525. The molecule has 2 aromatic carbocycles. The van der Waals surface area contributed by atoms with Crippen LogP contribution >= 0.6 is 23.2 Å². The topological polar surface area (TPSA) is 81.0 Å². The van der Waals surface area contributed by atoms with Crippen LogP contribution in [-0.4, -0.2) is 27.8 Å². The van der Waals surface area contributed by atoms with E-state index in [-0.39, 0.29) is 22.1 Å². The maximum absolute atomic E-state index is 11.1. The molecule has 2 aromatic rings. The Morgan fingerprint density at radius 2 is 1.91 bits per heavy atom. The fourth-order valence-electron chi connectivity index (χ4n) is 2.82. The van der Waals surface area contributed by atoms with Crippen LogP contribution in [0.25, 0.3) is 0 Å². The van der Waals surface area contributed by atoms with E-state index in [2.05, 4.69) is 0 Å². The van der Waals surface area contributed by atoms with Gasteiger partial charge in [-0.2, -0.15) is 0 Å². The number of anilines is 1. The Bertz CT molecular complexity index is 807. The quantitative estimate of drug-likeness (QED) is 0.784. The first-order valence-corrected chi connectivity index (χ1v) is 7.64. The number of nitrogens with zero attached hydrogens (tertiary/aromatic N) is 1. The molecule has 5 nitrogen and oxygen atoms in total. The lowest BCUT2D eigenvalue weighted by molar-refractivity contribution is 0.0693. The van der Waals surface area contributed by atoms with Gasteiger partial charge in [-0.25, -0.2) is 4.79 Å². The molecule has 1 aliphatic heterocycles. The van der Waals surface area contributed by atoms with Crippen LogP contribution in [-0.2, 0) is 13.0 Å². The highest BCUT2D eigenvalue weighted by atomic mass is 35.5. The molecule has 1 heterocycles. The van der Waals surface area contributed by atoms with Gasteiger partial charge in [-0.05, 0) is 30.7 Å². The Balaban J connectivity index is 1.95. The fraction of sp³-hybridized carbons (Fsp3) is 0.188. The number of carboxylic acids is 1. The number of hydrogen-bond donors (Lipinski definition) is 3. The van der Waals surface area contributed by atoms with E-state index in [9.17, 15) is 15.0 Å². The second-order valence-electron chi connectivity index (χ2n) is 5.33. The van der Waals surface area contributed by atoms with Gasteiger partial charge in [0.25, 0.3) is 0 Å². The molecule has 0 unspecified atom stereocenters. The molecule has 0 saturated carbocycles. The highest BCUT2D eigenvalue weighted by Crippen LogP contribution is 2.39. The van der Waals surface area contributed by atoms with E-state index in [0.717, 1.165) is 5.69 Å².